The van der Waals surface area contributed by atoms with Crippen molar-refractivity contribution in [2.24, 2.45) is 0 Å². The SMILES string of the molecule is COc1ccc(CN2CCN(Cc3ccc(OC)cc3)[C]2=[Ru]([Cl])[Cl])cc1.Cc1ccc(C(C)C)cc1. The minimum absolute atomic E-state index is 0.653. The van der Waals surface area contributed by atoms with Crippen LogP contribution in [0.1, 0.15) is 42.0 Å². The van der Waals surface area contributed by atoms with E-state index in [1.165, 1.54) is 22.3 Å². The summed E-state index contributed by atoms with van der Waals surface area (Å²) in [5.74, 6) is 2.38. The van der Waals surface area contributed by atoms with Gasteiger partial charge in [-0.25, -0.2) is 0 Å². The predicted octanol–water partition coefficient (Wildman–Crippen LogP) is 7.15. The Hall–Kier alpha value is -1.75. The molecule has 4 nitrogen and oxygen atoms in total. The minimum atomic E-state index is -2.04. The van der Waals surface area contributed by atoms with Gasteiger partial charge in [0.15, 0.2) is 0 Å². The number of hydrogen-bond acceptors (Lipinski definition) is 4. The summed E-state index contributed by atoms with van der Waals surface area (Å²) in [6.07, 6.45) is 0. The summed E-state index contributed by atoms with van der Waals surface area (Å²) in [6, 6.07) is 25.0. The average molecular weight is 617 g/mol. The van der Waals surface area contributed by atoms with Gasteiger partial charge in [-0.15, -0.1) is 0 Å². The van der Waals surface area contributed by atoms with Gasteiger partial charge in [0.2, 0.25) is 0 Å². The summed E-state index contributed by atoms with van der Waals surface area (Å²) in [7, 11) is 16.3. The molecule has 1 fully saturated rings. The zero-order valence-corrected chi connectivity index (χ0v) is 24.9. The fraction of sp³-hybridized carbons (Fsp3) is 0.345. The second kappa shape index (κ2) is 14.3. The molecular weight excluding hydrogens is 580 g/mol. The Morgan fingerprint density at radius 1 is 0.722 bits per heavy atom. The maximum absolute atomic E-state index is 6.45. The molecule has 1 heterocycles. The molecule has 0 spiro atoms. The van der Waals surface area contributed by atoms with Crippen molar-refractivity contribution in [1.82, 2.24) is 9.80 Å². The van der Waals surface area contributed by atoms with Gasteiger partial charge in [-0.05, 0) is 18.4 Å². The van der Waals surface area contributed by atoms with Crippen LogP contribution in [0.4, 0.5) is 0 Å². The molecule has 0 aliphatic carbocycles. The van der Waals surface area contributed by atoms with Crippen molar-refractivity contribution in [2.45, 2.75) is 39.8 Å². The monoisotopic (exact) mass is 616 g/mol. The maximum Gasteiger partial charge on any atom is -0.0219 e. The normalized spacial score (nSPS) is 14.4. The third kappa shape index (κ3) is 8.40. The number of hydrogen-bond donors (Lipinski definition) is 0. The molecule has 196 valence electrons. The molecule has 0 saturated carbocycles. The van der Waals surface area contributed by atoms with E-state index in [-0.39, 0.29) is 0 Å². The topological polar surface area (TPSA) is 24.9 Å². The predicted molar refractivity (Wildman–Crippen MR) is 149 cm³/mol. The van der Waals surface area contributed by atoms with Gasteiger partial charge in [-0.3, -0.25) is 0 Å². The van der Waals surface area contributed by atoms with Crippen LogP contribution in [0.25, 0.3) is 0 Å². The molecule has 7 heteroatoms. The van der Waals surface area contributed by atoms with Gasteiger partial charge < -0.3 is 0 Å². The number of benzene rings is 3. The van der Waals surface area contributed by atoms with Crippen LogP contribution in [0.2, 0.25) is 0 Å². The summed E-state index contributed by atoms with van der Waals surface area (Å²) in [5.41, 5.74) is 5.20. The smallest absolute Gasteiger partial charge is 0.0219 e. The molecule has 0 aromatic heterocycles. The third-order valence-corrected chi connectivity index (χ3v) is 9.18. The number of methoxy groups -OCH3 is 2. The number of ether oxygens (including phenoxy) is 2. The molecule has 0 bridgehead atoms. The Kier molecular flexibility index (Phi) is 11.4. The molecule has 36 heavy (non-hydrogen) atoms. The van der Waals surface area contributed by atoms with Gasteiger partial charge in [-0.1, -0.05) is 43.7 Å². The second-order valence-corrected chi connectivity index (χ2v) is 14.7. The zero-order chi connectivity index (χ0) is 26.1. The largest absolute Gasteiger partial charge is 0.0590 e. The van der Waals surface area contributed by atoms with Crippen LogP contribution >= 0.6 is 19.4 Å². The maximum atomic E-state index is 6.45. The minimum Gasteiger partial charge on any atom is -0.0590 e. The van der Waals surface area contributed by atoms with Gasteiger partial charge in [0.05, 0.1) is 0 Å². The van der Waals surface area contributed by atoms with E-state index in [1.54, 1.807) is 14.2 Å². The van der Waals surface area contributed by atoms with Gasteiger partial charge in [0.1, 0.15) is 0 Å². The van der Waals surface area contributed by atoms with Gasteiger partial charge in [0.25, 0.3) is 0 Å². The number of rotatable bonds is 7. The second-order valence-electron chi connectivity index (χ2n) is 9.05. The molecule has 0 atom stereocenters. The first-order valence-electron chi connectivity index (χ1n) is 12.0. The first-order valence-corrected chi connectivity index (χ1v) is 17.3. The molecule has 1 aliphatic heterocycles. The zero-order valence-electron chi connectivity index (χ0n) is 21.7. The van der Waals surface area contributed by atoms with Crippen LogP contribution < -0.4 is 9.47 Å². The van der Waals surface area contributed by atoms with Crippen LogP contribution in [0.3, 0.4) is 0 Å². The molecule has 0 radical (unpaired) electrons. The summed E-state index contributed by atoms with van der Waals surface area (Å²) in [4.78, 5) is 4.62. The molecule has 0 amide bonds. The van der Waals surface area contributed by atoms with E-state index in [0.717, 1.165) is 42.0 Å². The van der Waals surface area contributed by atoms with Crippen molar-refractivity contribution in [1.29, 1.82) is 0 Å². The van der Waals surface area contributed by atoms with E-state index in [2.05, 4.69) is 79.1 Å². The third-order valence-electron chi connectivity index (χ3n) is 6.07. The average Bonchev–Trinajstić information content (AvgIpc) is 3.27. The summed E-state index contributed by atoms with van der Waals surface area (Å²) in [5, 5.41) is 0. The van der Waals surface area contributed by atoms with Crippen LogP contribution in [-0.4, -0.2) is 41.5 Å². The Bertz CT molecular complexity index is 1050. The van der Waals surface area contributed by atoms with E-state index >= 15 is 0 Å². The Morgan fingerprint density at radius 3 is 1.47 bits per heavy atom. The van der Waals surface area contributed by atoms with E-state index < -0.39 is 13.5 Å². The van der Waals surface area contributed by atoms with Crippen molar-refractivity contribution >= 4 is 23.7 Å². The Labute approximate surface area is 229 Å². The summed E-state index contributed by atoms with van der Waals surface area (Å²) >= 11 is -2.04. The van der Waals surface area contributed by atoms with E-state index in [0.29, 0.717) is 5.92 Å². The number of nitrogens with zero attached hydrogens (tertiary/aromatic N) is 2. The number of aryl methyl sites for hydroxylation is 1. The standard InChI is InChI=1S/C19H22N2O2.C10H14.2ClH.Ru/c1-22-18-7-3-16(4-8-18)13-20-11-12-21(15-20)14-17-5-9-19(23-2)10-6-17;1-8(2)10-6-4-9(3)5-7-10;;;/h3-10H,11-14H2,1-2H3;4-8H,1-3H3;2*1H;/q;;;;+2/p-2. The van der Waals surface area contributed by atoms with Crippen LogP contribution in [0.15, 0.2) is 72.8 Å². The Morgan fingerprint density at radius 2 is 1.14 bits per heavy atom. The van der Waals surface area contributed by atoms with E-state index in [9.17, 15) is 0 Å². The van der Waals surface area contributed by atoms with Crippen molar-refractivity contribution in [3.63, 3.8) is 0 Å². The summed E-state index contributed by atoms with van der Waals surface area (Å²) in [6.45, 7) is 10.0. The van der Waals surface area contributed by atoms with Crippen molar-refractivity contribution < 1.29 is 23.0 Å². The van der Waals surface area contributed by atoms with Crippen LogP contribution in [-0.2, 0) is 26.6 Å². The first kappa shape index (κ1) is 28.8. The van der Waals surface area contributed by atoms with Crippen molar-refractivity contribution in [2.75, 3.05) is 27.3 Å². The first-order chi connectivity index (χ1) is 17.3. The van der Waals surface area contributed by atoms with Crippen molar-refractivity contribution in [3.8, 4) is 11.5 Å². The molecule has 3 aromatic rings. The summed E-state index contributed by atoms with van der Waals surface area (Å²) < 4.78 is 11.6. The fourth-order valence-electron chi connectivity index (χ4n) is 3.93. The van der Waals surface area contributed by atoms with Crippen LogP contribution in [0, 0.1) is 6.92 Å². The van der Waals surface area contributed by atoms with Gasteiger partial charge in [0, 0.05) is 0 Å². The molecule has 1 aliphatic rings. The van der Waals surface area contributed by atoms with E-state index in [1.807, 2.05) is 24.3 Å². The van der Waals surface area contributed by atoms with E-state index in [4.69, 9.17) is 28.9 Å². The van der Waals surface area contributed by atoms with Crippen molar-refractivity contribution in [3.05, 3.63) is 95.1 Å². The molecule has 0 N–H and O–H groups in total. The van der Waals surface area contributed by atoms with Gasteiger partial charge in [-0.2, -0.15) is 0 Å². The molecular formula is C29H36Cl2N2O2Ru. The molecule has 3 aromatic carbocycles. The Balaban J connectivity index is 0.000000303. The number of halogens is 2. The molecule has 0 unspecified atom stereocenters. The van der Waals surface area contributed by atoms with Crippen LogP contribution in [0.5, 0.6) is 11.5 Å². The molecule has 1 saturated heterocycles. The fourth-order valence-corrected chi connectivity index (χ4v) is 7.42. The molecule has 4 rings (SSSR count). The quantitative estimate of drug-likeness (QED) is 0.263. The van der Waals surface area contributed by atoms with Gasteiger partial charge >= 0.3 is 168 Å².